The zero-order valence-corrected chi connectivity index (χ0v) is 11.4. The smallest absolute Gasteiger partial charge is 0.261 e. The van der Waals surface area contributed by atoms with E-state index < -0.39 is 11.5 Å². The summed E-state index contributed by atoms with van der Waals surface area (Å²) in [5, 5.41) is 12.3. The number of phenols is 1. The zero-order chi connectivity index (χ0) is 14.7. The van der Waals surface area contributed by atoms with Crippen LogP contribution in [-0.2, 0) is 6.42 Å². The Hall–Kier alpha value is -2.56. The molecule has 2 rings (SSSR count). The van der Waals surface area contributed by atoms with Crippen molar-refractivity contribution in [3.63, 3.8) is 0 Å². The molecule has 0 aliphatic rings. The number of rotatable bonds is 3. The summed E-state index contributed by atoms with van der Waals surface area (Å²) in [7, 11) is 0. The number of hydrogen-bond donors (Lipinski definition) is 3. The lowest BCUT2D eigenvalue weighted by atomic mass is 10.1. The van der Waals surface area contributed by atoms with Gasteiger partial charge in [-0.05, 0) is 43.2 Å². The molecular formula is C15H16N2O3. The van der Waals surface area contributed by atoms with Gasteiger partial charge in [-0.25, -0.2) is 0 Å². The van der Waals surface area contributed by atoms with Crippen LogP contribution >= 0.6 is 0 Å². The number of hydrogen-bond acceptors (Lipinski definition) is 3. The molecule has 0 unspecified atom stereocenters. The van der Waals surface area contributed by atoms with Crippen LogP contribution in [0.15, 0.2) is 35.1 Å². The van der Waals surface area contributed by atoms with E-state index in [4.69, 9.17) is 0 Å². The number of amides is 1. The van der Waals surface area contributed by atoms with Crippen LogP contribution in [0.5, 0.6) is 5.75 Å². The first-order valence-corrected chi connectivity index (χ1v) is 6.34. The molecule has 3 N–H and O–H groups in total. The summed E-state index contributed by atoms with van der Waals surface area (Å²) in [6, 6.07) is 8.11. The van der Waals surface area contributed by atoms with E-state index in [1.165, 1.54) is 12.1 Å². The van der Waals surface area contributed by atoms with Gasteiger partial charge in [-0.3, -0.25) is 9.59 Å². The van der Waals surface area contributed by atoms with Gasteiger partial charge in [0.1, 0.15) is 11.3 Å². The standard InChI is InChI=1S/C15H16N2O3/c1-3-10-5-7-13(18)12(8-10)17-15(20)11-6-4-9(2)16-14(11)19/h4-8,18H,3H2,1-2H3,(H,16,19)(H,17,20). The summed E-state index contributed by atoms with van der Waals surface area (Å²) < 4.78 is 0. The molecule has 0 aliphatic carbocycles. The van der Waals surface area contributed by atoms with Gasteiger partial charge in [0, 0.05) is 5.69 Å². The third-order valence-corrected chi connectivity index (χ3v) is 3.02. The van der Waals surface area contributed by atoms with Crippen molar-refractivity contribution in [1.29, 1.82) is 0 Å². The summed E-state index contributed by atoms with van der Waals surface area (Å²) in [5.41, 5.74) is 1.53. The van der Waals surface area contributed by atoms with Crippen LogP contribution in [0.4, 0.5) is 5.69 Å². The maximum Gasteiger partial charge on any atom is 0.261 e. The van der Waals surface area contributed by atoms with Crippen molar-refractivity contribution < 1.29 is 9.90 Å². The van der Waals surface area contributed by atoms with Crippen LogP contribution in [0.2, 0.25) is 0 Å². The maximum atomic E-state index is 12.1. The monoisotopic (exact) mass is 272 g/mol. The van der Waals surface area contributed by atoms with Crippen molar-refractivity contribution in [3.8, 4) is 5.75 Å². The van der Waals surface area contributed by atoms with Gasteiger partial charge in [-0.2, -0.15) is 0 Å². The molecule has 1 aromatic heterocycles. The molecule has 0 bridgehead atoms. The minimum absolute atomic E-state index is 0.0110. The first kappa shape index (κ1) is 13.9. The van der Waals surface area contributed by atoms with Gasteiger partial charge in [0.2, 0.25) is 0 Å². The van der Waals surface area contributed by atoms with Crippen molar-refractivity contribution in [2.75, 3.05) is 5.32 Å². The number of anilines is 1. The molecule has 1 heterocycles. The van der Waals surface area contributed by atoms with Crippen LogP contribution in [-0.4, -0.2) is 16.0 Å². The van der Waals surface area contributed by atoms with Crippen LogP contribution < -0.4 is 10.9 Å². The fraction of sp³-hybridized carbons (Fsp3) is 0.200. The molecule has 20 heavy (non-hydrogen) atoms. The number of phenolic OH excluding ortho intramolecular Hbond substituents is 1. The number of nitrogens with one attached hydrogen (secondary N) is 2. The molecule has 0 spiro atoms. The molecule has 5 nitrogen and oxygen atoms in total. The van der Waals surface area contributed by atoms with Crippen molar-refractivity contribution in [1.82, 2.24) is 4.98 Å². The number of H-pyrrole nitrogens is 1. The van der Waals surface area contributed by atoms with E-state index in [0.717, 1.165) is 12.0 Å². The third-order valence-electron chi connectivity index (χ3n) is 3.02. The van der Waals surface area contributed by atoms with E-state index in [2.05, 4.69) is 10.3 Å². The Morgan fingerprint density at radius 2 is 2.05 bits per heavy atom. The molecule has 1 aromatic carbocycles. The van der Waals surface area contributed by atoms with Gasteiger partial charge < -0.3 is 15.4 Å². The number of carbonyl (C=O) groups is 1. The average molecular weight is 272 g/mol. The van der Waals surface area contributed by atoms with Gasteiger partial charge in [0.25, 0.3) is 11.5 Å². The Labute approximate surface area is 116 Å². The highest BCUT2D eigenvalue weighted by molar-refractivity contribution is 6.04. The molecule has 5 heteroatoms. The van der Waals surface area contributed by atoms with Gasteiger partial charge in [-0.1, -0.05) is 13.0 Å². The molecule has 0 aliphatic heterocycles. The number of aromatic nitrogens is 1. The summed E-state index contributed by atoms with van der Waals surface area (Å²) in [6.07, 6.45) is 0.786. The zero-order valence-electron chi connectivity index (χ0n) is 11.4. The second-order valence-electron chi connectivity index (χ2n) is 4.54. The van der Waals surface area contributed by atoms with Gasteiger partial charge >= 0.3 is 0 Å². The molecule has 0 atom stereocenters. The highest BCUT2D eigenvalue weighted by Gasteiger charge is 2.12. The maximum absolute atomic E-state index is 12.1. The van der Waals surface area contributed by atoms with Crippen LogP contribution in [0.1, 0.15) is 28.5 Å². The number of aromatic hydroxyl groups is 1. The van der Waals surface area contributed by atoms with Crippen molar-refractivity contribution in [3.05, 3.63) is 57.5 Å². The first-order valence-electron chi connectivity index (χ1n) is 6.34. The second-order valence-corrected chi connectivity index (χ2v) is 4.54. The van der Waals surface area contributed by atoms with E-state index in [9.17, 15) is 14.7 Å². The summed E-state index contributed by atoms with van der Waals surface area (Å²) >= 11 is 0. The minimum Gasteiger partial charge on any atom is -0.506 e. The van der Waals surface area contributed by atoms with Gasteiger partial charge in [-0.15, -0.1) is 0 Å². The highest BCUT2D eigenvalue weighted by atomic mass is 16.3. The lowest BCUT2D eigenvalue weighted by Crippen LogP contribution is -2.23. The largest absolute Gasteiger partial charge is 0.506 e. The fourth-order valence-electron chi connectivity index (χ4n) is 1.84. The molecule has 1 amide bonds. The predicted molar refractivity (Wildman–Crippen MR) is 77.2 cm³/mol. The van der Waals surface area contributed by atoms with Gasteiger partial charge in [0.05, 0.1) is 5.69 Å². The van der Waals surface area contributed by atoms with Crippen molar-refractivity contribution >= 4 is 11.6 Å². The predicted octanol–water partition coefficient (Wildman–Crippen LogP) is 2.20. The fourth-order valence-corrected chi connectivity index (χ4v) is 1.84. The van der Waals surface area contributed by atoms with E-state index in [0.29, 0.717) is 11.4 Å². The molecule has 0 fully saturated rings. The topological polar surface area (TPSA) is 82.2 Å². The van der Waals surface area contributed by atoms with Crippen LogP contribution in [0.3, 0.4) is 0 Å². The van der Waals surface area contributed by atoms with Crippen LogP contribution in [0, 0.1) is 6.92 Å². The van der Waals surface area contributed by atoms with Crippen LogP contribution in [0.25, 0.3) is 0 Å². The Morgan fingerprint density at radius 1 is 1.30 bits per heavy atom. The molecule has 2 aromatic rings. The second kappa shape index (κ2) is 5.61. The SMILES string of the molecule is CCc1ccc(O)c(NC(=O)c2ccc(C)[nH]c2=O)c1. The quantitative estimate of drug-likeness (QED) is 0.749. The average Bonchev–Trinajstić information content (AvgIpc) is 2.41. The van der Waals surface area contributed by atoms with E-state index >= 15 is 0 Å². The summed E-state index contributed by atoms with van der Waals surface area (Å²) in [6.45, 7) is 3.71. The molecule has 0 radical (unpaired) electrons. The highest BCUT2D eigenvalue weighted by Crippen LogP contribution is 2.24. The minimum atomic E-state index is -0.546. The Kier molecular flexibility index (Phi) is 3.89. The Morgan fingerprint density at radius 3 is 2.70 bits per heavy atom. The van der Waals surface area contributed by atoms with Crippen molar-refractivity contribution in [2.45, 2.75) is 20.3 Å². The molecular weight excluding hydrogens is 256 g/mol. The van der Waals surface area contributed by atoms with Crippen molar-refractivity contribution in [2.24, 2.45) is 0 Å². The number of pyridine rings is 1. The first-order chi connectivity index (χ1) is 9.51. The Bertz CT molecular complexity index is 705. The van der Waals surface area contributed by atoms with Gasteiger partial charge in [0.15, 0.2) is 0 Å². The molecule has 104 valence electrons. The summed E-state index contributed by atoms with van der Waals surface area (Å²) in [5.74, 6) is -0.575. The number of aromatic amines is 1. The van der Waals surface area contributed by atoms with E-state index in [1.807, 2.05) is 6.92 Å². The van der Waals surface area contributed by atoms with E-state index in [1.54, 1.807) is 25.1 Å². The lowest BCUT2D eigenvalue weighted by molar-refractivity contribution is 0.102. The summed E-state index contributed by atoms with van der Waals surface area (Å²) in [4.78, 5) is 26.3. The van der Waals surface area contributed by atoms with E-state index in [-0.39, 0.29) is 11.3 Å². The number of aryl methyl sites for hydroxylation is 2. The molecule has 0 saturated carbocycles. The Balaban J connectivity index is 2.30. The normalized spacial score (nSPS) is 10.3. The lowest BCUT2D eigenvalue weighted by Gasteiger charge is -2.08. The number of benzene rings is 1. The number of carbonyl (C=O) groups excluding carboxylic acids is 1. The molecule has 0 saturated heterocycles. The third kappa shape index (κ3) is 2.88.